The number of Topliss-reactive ketones (excluding diaryl/α,β-unsaturated/α-hetero) is 1. The van der Waals surface area contributed by atoms with Crippen LogP contribution in [0.2, 0.25) is 0 Å². The zero-order valence-corrected chi connectivity index (χ0v) is 14.6. The fourth-order valence-electron chi connectivity index (χ4n) is 1.58. The summed E-state index contributed by atoms with van der Waals surface area (Å²) in [5.41, 5.74) is 1.59. The molecule has 5 heteroatoms. The Morgan fingerprint density at radius 3 is 2.62 bits per heavy atom. The summed E-state index contributed by atoms with van der Waals surface area (Å²) in [5.74, 6) is 0.571. The van der Waals surface area contributed by atoms with Crippen molar-refractivity contribution in [2.24, 2.45) is 0 Å². The minimum Gasteiger partial charge on any atom is -0.337 e. The van der Waals surface area contributed by atoms with Crippen LogP contribution in [0.1, 0.15) is 26.3 Å². The molecule has 0 atom stereocenters. The molecule has 1 rings (SSSR count). The van der Waals surface area contributed by atoms with Crippen molar-refractivity contribution < 1.29 is 4.79 Å². The maximum absolute atomic E-state index is 11.5. The highest BCUT2D eigenvalue weighted by atomic mass is 79.9. The molecule has 0 aliphatic heterocycles. The van der Waals surface area contributed by atoms with Gasteiger partial charge in [0.1, 0.15) is 5.82 Å². The van der Waals surface area contributed by atoms with E-state index in [0.29, 0.717) is 22.0 Å². The zero-order valence-electron chi connectivity index (χ0n) is 13.0. The lowest BCUT2D eigenvalue weighted by molar-refractivity contribution is -0.113. The Bertz CT molecular complexity index is 535. The lowest BCUT2D eigenvalue weighted by Gasteiger charge is -2.20. The molecule has 0 bridgehead atoms. The van der Waals surface area contributed by atoms with Crippen molar-refractivity contribution in [1.29, 1.82) is 0 Å². The van der Waals surface area contributed by atoms with E-state index in [9.17, 15) is 4.79 Å². The molecular formula is C16H22BrN3O. The summed E-state index contributed by atoms with van der Waals surface area (Å²) in [7, 11) is 2.08. The third kappa shape index (κ3) is 6.23. The third-order valence-electron chi connectivity index (χ3n) is 3.08. The van der Waals surface area contributed by atoms with Gasteiger partial charge in [0, 0.05) is 30.2 Å². The quantitative estimate of drug-likeness (QED) is 0.600. The van der Waals surface area contributed by atoms with Gasteiger partial charge >= 0.3 is 0 Å². The average Bonchev–Trinajstić information content (AvgIpc) is 2.39. The number of aromatic nitrogens is 1. The van der Waals surface area contributed by atoms with E-state index in [1.165, 1.54) is 6.92 Å². The highest BCUT2D eigenvalue weighted by Crippen LogP contribution is 2.13. The van der Waals surface area contributed by atoms with Gasteiger partial charge in [0.25, 0.3) is 0 Å². The number of hydrogen-bond acceptors (Lipinski definition) is 4. The summed E-state index contributed by atoms with van der Waals surface area (Å²) in [6, 6.07) is 4.37. The predicted octanol–water partition coefficient (Wildman–Crippen LogP) is 3.72. The van der Waals surface area contributed by atoms with E-state index >= 15 is 0 Å². The minimum absolute atomic E-state index is 0.0685. The number of allylic oxidation sites excluding steroid dienone is 3. The largest absolute Gasteiger partial charge is 0.337 e. The number of nitrogens with one attached hydrogen (secondary N) is 1. The van der Waals surface area contributed by atoms with Crippen molar-refractivity contribution in [2.45, 2.75) is 33.4 Å². The molecule has 0 aliphatic carbocycles. The summed E-state index contributed by atoms with van der Waals surface area (Å²) < 4.78 is 0.635. The molecule has 0 saturated heterocycles. The van der Waals surface area contributed by atoms with Crippen LogP contribution in [0.4, 0.5) is 5.82 Å². The molecule has 4 nitrogen and oxygen atoms in total. The molecule has 0 amide bonds. The molecule has 0 aromatic carbocycles. The van der Waals surface area contributed by atoms with Gasteiger partial charge in [-0.15, -0.1) is 0 Å². The SMILES string of the molecule is C=C(Br)/C=C(/Nc1ccc(CN(C)C(C)C)cn1)C(C)=O. The van der Waals surface area contributed by atoms with E-state index in [4.69, 9.17) is 0 Å². The van der Waals surface area contributed by atoms with Crippen molar-refractivity contribution in [3.05, 3.63) is 46.7 Å². The monoisotopic (exact) mass is 351 g/mol. The Morgan fingerprint density at radius 2 is 2.19 bits per heavy atom. The number of halogens is 1. The topological polar surface area (TPSA) is 45.2 Å². The number of rotatable bonds is 7. The van der Waals surface area contributed by atoms with Gasteiger partial charge in [-0.3, -0.25) is 9.69 Å². The number of nitrogens with zero attached hydrogens (tertiary/aromatic N) is 2. The van der Waals surface area contributed by atoms with Crippen molar-refractivity contribution >= 4 is 27.5 Å². The molecular weight excluding hydrogens is 330 g/mol. The first kappa shape index (κ1) is 17.6. The number of carbonyl (C=O) groups excluding carboxylic acids is 1. The highest BCUT2D eigenvalue weighted by molar-refractivity contribution is 9.11. The van der Waals surface area contributed by atoms with Gasteiger partial charge in [-0.2, -0.15) is 0 Å². The second-order valence-electron chi connectivity index (χ2n) is 5.25. The summed E-state index contributed by atoms with van der Waals surface area (Å²) in [6.45, 7) is 10.4. The summed E-state index contributed by atoms with van der Waals surface area (Å²) >= 11 is 3.22. The summed E-state index contributed by atoms with van der Waals surface area (Å²) in [6.07, 6.45) is 3.46. The van der Waals surface area contributed by atoms with Gasteiger partial charge in [0.15, 0.2) is 5.78 Å². The van der Waals surface area contributed by atoms with Crippen LogP contribution in [0.25, 0.3) is 0 Å². The Morgan fingerprint density at radius 1 is 1.52 bits per heavy atom. The van der Waals surface area contributed by atoms with Crippen LogP contribution in [0, 0.1) is 0 Å². The molecule has 1 N–H and O–H groups in total. The predicted molar refractivity (Wildman–Crippen MR) is 91.3 cm³/mol. The fraction of sp³-hybridized carbons (Fsp3) is 0.375. The standard InChI is InChI=1S/C16H22BrN3O/c1-11(2)20(5)10-14-6-7-16(18-9-14)19-15(13(4)21)8-12(3)17/h6-9,11H,3,10H2,1-2,4-5H3,(H,18,19)/b15-8+. The van der Waals surface area contributed by atoms with Gasteiger partial charge in [-0.05, 0) is 38.6 Å². The normalized spacial score (nSPS) is 11.9. The second-order valence-corrected chi connectivity index (χ2v) is 6.27. The van der Waals surface area contributed by atoms with Crippen molar-refractivity contribution in [1.82, 2.24) is 9.88 Å². The molecule has 0 aliphatic rings. The zero-order chi connectivity index (χ0) is 16.0. The Balaban J connectivity index is 2.78. The van der Waals surface area contributed by atoms with Gasteiger partial charge in [-0.1, -0.05) is 28.6 Å². The molecule has 0 fully saturated rings. The number of ketones is 1. The van der Waals surface area contributed by atoms with Crippen molar-refractivity contribution in [2.75, 3.05) is 12.4 Å². The lowest BCUT2D eigenvalue weighted by Crippen LogP contribution is -2.25. The van der Waals surface area contributed by atoms with Crippen LogP contribution in [-0.4, -0.2) is 28.8 Å². The molecule has 1 aromatic rings. The number of anilines is 1. The molecule has 0 radical (unpaired) electrons. The van der Waals surface area contributed by atoms with Crippen molar-refractivity contribution in [3.63, 3.8) is 0 Å². The van der Waals surface area contributed by atoms with Crippen LogP contribution < -0.4 is 5.32 Å². The van der Waals surface area contributed by atoms with Crippen LogP contribution in [-0.2, 0) is 11.3 Å². The maximum Gasteiger partial charge on any atom is 0.176 e. The van der Waals surface area contributed by atoms with E-state index in [-0.39, 0.29) is 5.78 Å². The minimum atomic E-state index is -0.0685. The van der Waals surface area contributed by atoms with Crippen molar-refractivity contribution in [3.8, 4) is 0 Å². The lowest BCUT2D eigenvalue weighted by atomic mass is 10.2. The van der Waals surface area contributed by atoms with Gasteiger partial charge in [0.05, 0.1) is 5.70 Å². The van der Waals surface area contributed by atoms with Crippen LogP contribution in [0.5, 0.6) is 0 Å². The summed E-state index contributed by atoms with van der Waals surface area (Å²) in [5, 5.41) is 3.01. The fourth-order valence-corrected chi connectivity index (χ4v) is 1.81. The van der Waals surface area contributed by atoms with E-state index in [0.717, 1.165) is 12.1 Å². The molecule has 1 aromatic heterocycles. The number of pyridine rings is 1. The highest BCUT2D eigenvalue weighted by Gasteiger charge is 2.07. The Labute approximate surface area is 135 Å². The van der Waals surface area contributed by atoms with Gasteiger partial charge in [0.2, 0.25) is 0 Å². The van der Waals surface area contributed by atoms with E-state index < -0.39 is 0 Å². The Kier molecular flexibility index (Phi) is 6.78. The second kappa shape index (κ2) is 8.10. The van der Waals surface area contributed by atoms with E-state index in [2.05, 4.69) is 58.6 Å². The van der Waals surface area contributed by atoms with E-state index in [1.54, 1.807) is 6.08 Å². The molecule has 1 heterocycles. The van der Waals surface area contributed by atoms with Crippen LogP contribution in [0.3, 0.4) is 0 Å². The number of hydrogen-bond donors (Lipinski definition) is 1. The maximum atomic E-state index is 11.5. The number of carbonyl (C=O) groups is 1. The van der Waals surface area contributed by atoms with Crippen LogP contribution in [0.15, 0.2) is 41.2 Å². The smallest absolute Gasteiger partial charge is 0.176 e. The van der Waals surface area contributed by atoms with Gasteiger partial charge < -0.3 is 5.32 Å². The molecule has 21 heavy (non-hydrogen) atoms. The third-order valence-corrected chi connectivity index (χ3v) is 3.31. The summed E-state index contributed by atoms with van der Waals surface area (Å²) in [4.78, 5) is 18.1. The molecule has 114 valence electrons. The van der Waals surface area contributed by atoms with Crippen LogP contribution >= 0.6 is 15.9 Å². The molecule has 0 saturated carbocycles. The first-order valence-corrected chi connectivity index (χ1v) is 7.58. The first-order chi connectivity index (χ1) is 9.79. The average molecular weight is 352 g/mol. The van der Waals surface area contributed by atoms with Gasteiger partial charge in [-0.25, -0.2) is 4.98 Å². The molecule has 0 unspecified atom stereocenters. The Hall–Kier alpha value is -1.46. The van der Waals surface area contributed by atoms with E-state index in [1.807, 2.05) is 18.3 Å². The first-order valence-electron chi connectivity index (χ1n) is 6.79. The molecule has 0 spiro atoms.